The maximum atomic E-state index is 8.50. The van der Waals surface area contributed by atoms with Crippen LogP contribution in [0.2, 0.25) is 0 Å². The van der Waals surface area contributed by atoms with Crippen LogP contribution in [0.1, 0.15) is 32.6 Å². The lowest BCUT2D eigenvalue weighted by atomic mass is 10.1. The maximum Gasteiger partial charge on any atom is 0.102 e. The molecule has 70 valence electrons. The van der Waals surface area contributed by atoms with Crippen molar-refractivity contribution in [3.05, 3.63) is 12.2 Å². The molecule has 1 heterocycles. The van der Waals surface area contributed by atoms with Gasteiger partial charge in [0.2, 0.25) is 0 Å². The zero-order valence-corrected chi connectivity index (χ0v) is 7.70. The van der Waals surface area contributed by atoms with Crippen LogP contribution in [0.15, 0.2) is 12.2 Å². The average Bonchev–Trinajstić information content (AvgIpc) is 2.81. The van der Waals surface area contributed by atoms with Crippen LogP contribution in [-0.4, -0.2) is 23.9 Å². The molecule has 1 aliphatic rings. The van der Waals surface area contributed by atoms with Gasteiger partial charge < -0.3 is 9.84 Å². The van der Waals surface area contributed by atoms with Crippen molar-refractivity contribution in [3.8, 4) is 0 Å². The molecule has 0 spiro atoms. The first kappa shape index (κ1) is 9.75. The minimum Gasteiger partial charge on any atom is -0.392 e. The van der Waals surface area contributed by atoms with Gasteiger partial charge in [0.15, 0.2) is 0 Å². The standard InChI is InChI=1S/C10H18O2/c1-2-3-4-6-9-10(12-9)7-5-8-11/h5,7,9-11H,2-4,6,8H2,1H3/t9-,10-/m1/s1. The van der Waals surface area contributed by atoms with Crippen LogP contribution in [0.25, 0.3) is 0 Å². The molecule has 2 heteroatoms. The smallest absolute Gasteiger partial charge is 0.102 e. The molecule has 0 amide bonds. The zero-order valence-electron chi connectivity index (χ0n) is 7.70. The van der Waals surface area contributed by atoms with Crippen LogP contribution in [0.3, 0.4) is 0 Å². The van der Waals surface area contributed by atoms with Crippen molar-refractivity contribution < 1.29 is 9.84 Å². The molecule has 2 nitrogen and oxygen atoms in total. The first-order chi connectivity index (χ1) is 5.88. The number of hydrogen-bond acceptors (Lipinski definition) is 2. The summed E-state index contributed by atoms with van der Waals surface area (Å²) < 4.78 is 5.37. The second kappa shape index (κ2) is 5.33. The predicted molar refractivity (Wildman–Crippen MR) is 49.0 cm³/mol. The highest BCUT2D eigenvalue weighted by Gasteiger charge is 2.35. The second-order valence-electron chi connectivity index (χ2n) is 3.25. The van der Waals surface area contributed by atoms with E-state index in [0.717, 1.165) is 0 Å². The number of epoxide rings is 1. The van der Waals surface area contributed by atoms with E-state index in [1.165, 1.54) is 25.7 Å². The quantitative estimate of drug-likeness (QED) is 0.375. The SMILES string of the molecule is CCCCC[C@H]1O[C@@H]1C=CCO. The van der Waals surface area contributed by atoms with Gasteiger partial charge in [-0.2, -0.15) is 0 Å². The Labute approximate surface area is 74.2 Å². The molecule has 1 fully saturated rings. The van der Waals surface area contributed by atoms with Gasteiger partial charge in [-0.25, -0.2) is 0 Å². The molecule has 1 aliphatic heterocycles. The molecule has 2 atom stereocenters. The van der Waals surface area contributed by atoms with Crippen molar-refractivity contribution in [3.63, 3.8) is 0 Å². The number of unbranched alkanes of at least 4 members (excludes halogenated alkanes) is 2. The molecule has 0 bridgehead atoms. The summed E-state index contributed by atoms with van der Waals surface area (Å²) in [7, 11) is 0. The van der Waals surface area contributed by atoms with E-state index in [9.17, 15) is 0 Å². The minimum absolute atomic E-state index is 0.127. The number of aliphatic hydroxyl groups is 1. The first-order valence-electron chi connectivity index (χ1n) is 4.81. The monoisotopic (exact) mass is 170 g/mol. The highest BCUT2D eigenvalue weighted by Crippen LogP contribution is 2.28. The molecule has 0 aromatic heterocycles. The number of aliphatic hydroxyl groups excluding tert-OH is 1. The average molecular weight is 170 g/mol. The maximum absolute atomic E-state index is 8.50. The van der Waals surface area contributed by atoms with E-state index in [1.54, 1.807) is 6.08 Å². The predicted octanol–water partition coefficient (Wildman–Crippen LogP) is 1.88. The van der Waals surface area contributed by atoms with Gasteiger partial charge in [0.25, 0.3) is 0 Å². The lowest BCUT2D eigenvalue weighted by molar-refractivity contribution is 0.340. The second-order valence-corrected chi connectivity index (χ2v) is 3.25. The summed E-state index contributed by atoms with van der Waals surface area (Å²) in [5.74, 6) is 0. The van der Waals surface area contributed by atoms with Crippen LogP contribution < -0.4 is 0 Å². The van der Waals surface area contributed by atoms with E-state index in [1.807, 2.05) is 6.08 Å². The summed E-state index contributed by atoms with van der Waals surface area (Å²) in [6.45, 7) is 2.33. The van der Waals surface area contributed by atoms with Gasteiger partial charge in [-0.15, -0.1) is 0 Å². The molecule has 0 radical (unpaired) electrons. The molecule has 1 saturated heterocycles. The summed E-state index contributed by atoms with van der Waals surface area (Å²) in [5.41, 5.74) is 0. The van der Waals surface area contributed by atoms with Gasteiger partial charge in [0.05, 0.1) is 12.7 Å². The third-order valence-corrected chi connectivity index (χ3v) is 2.15. The van der Waals surface area contributed by atoms with E-state index in [4.69, 9.17) is 9.84 Å². The Morgan fingerprint density at radius 2 is 2.25 bits per heavy atom. The number of ether oxygens (including phenoxy) is 1. The van der Waals surface area contributed by atoms with Crippen molar-refractivity contribution in [2.75, 3.05) is 6.61 Å². The largest absolute Gasteiger partial charge is 0.392 e. The van der Waals surface area contributed by atoms with Crippen molar-refractivity contribution >= 4 is 0 Å². The molecule has 12 heavy (non-hydrogen) atoms. The Bertz CT molecular complexity index is 143. The van der Waals surface area contributed by atoms with Gasteiger partial charge in [-0.1, -0.05) is 38.3 Å². The molecular formula is C10H18O2. The van der Waals surface area contributed by atoms with Gasteiger partial charge >= 0.3 is 0 Å². The summed E-state index contributed by atoms with van der Waals surface area (Å²) >= 11 is 0. The van der Waals surface area contributed by atoms with Crippen LogP contribution in [0.4, 0.5) is 0 Å². The summed E-state index contributed by atoms with van der Waals surface area (Å²) in [6, 6.07) is 0. The fraction of sp³-hybridized carbons (Fsp3) is 0.800. The van der Waals surface area contributed by atoms with Crippen molar-refractivity contribution in [2.24, 2.45) is 0 Å². The fourth-order valence-corrected chi connectivity index (χ4v) is 1.35. The minimum atomic E-state index is 0.127. The van der Waals surface area contributed by atoms with E-state index >= 15 is 0 Å². The Kier molecular flexibility index (Phi) is 4.33. The van der Waals surface area contributed by atoms with Gasteiger partial charge in [-0.05, 0) is 6.42 Å². The van der Waals surface area contributed by atoms with Crippen LogP contribution in [0, 0.1) is 0 Å². The topological polar surface area (TPSA) is 32.8 Å². The molecule has 1 rings (SSSR count). The van der Waals surface area contributed by atoms with Crippen LogP contribution in [0.5, 0.6) is 0 Å². The van der Waals surface area contributed by atoms with Crippen LogP contribution >= 0.6 is 0 Å². The van der Waals surface area contributed by atoms with E-state index in [-0.39, 0.29) is 6.61 Å². The van der Waals surface area contributed by atoms with E-state index in [0.29, 0.717) is 12.2 Å². The molecule has 0 aromatic carbocycles. The van der Waals surface area contributed by atoms with Gasteiger partial charge in [0, 0.05) is 0 Å². The van der Waals surface area contributed by atoms with Crippen LogP contribution in [-0.2, 0) is 4.74 Å². The van der Waals surface area contributed by atoms with E-state index in [2.05, 4.69) is 6.92 Å². The molecule has 0 aromatic rings. The molecule has 0 aliphatic carbocycles. The Morgan fingerprint density at radius 1 is 1.42 bits per heavy atom. The first-order valence-corrected chi connectivity index (χ1v) is 4.81. The highest BCUT2D eigenvalue weighted by atomic mass is 16.6. The summed E-state index contributed by atoms with van der Waals surface area (Å²) in [4.78, 5) is 0. The Morgan fingerprint density at radius 3 is 2.92 bits per heavy atom. The third-order valence-electron chi connectivity index (χ3n) is 2.15. The highest BCUT2D eigenvalue weighted by molar-refractivity contribution is 5.02. The lowest BCUT2D eigenvalue weighted by Crippen LogP contribution is -1.90. The van der Waals surface area contributed by atoms with Gasteiger partial charge in [-0.3, -0.25) is 0 Å². The molecule has 0 saturated carbocycles. The van der Waals surface area contributed by atoms with Gasteiger partial charge in [0.1, 0.15) is 6.10 Å². The number of rotatable bonds is 6. The fourth-order valence-electron chi connectivity index (χ4n) is 1.35. The molecular weight excluding hydrogens is 152 g/mol. The summed E-state index contributed by atoms with van der Waals surface area (Å²) in [6.07, 6.45) is 9.47. The molecule has 1 N–H and O–H groups in total. The Balaban J connectivity index is 1.97. The normalized spacial score (nSPS) is 28.2. The van der Waals surface area contributed by atoms with Crippen molar-refractivity contribution in [2.45, 2.75) is 44.8 Å². The zero-order chi connectivity index (χ0) is 8.81. The van der Waals surface area contributed by atoms with Crippen molar-refractivity contribution in [1.82, 2.24) is 0 Å². The molecule has 0 unspecified atom stereocenters. The lowest BCUT2D eigenvalue weighted by Gasteiger charge is -1.92. The van der Waals surface area contributed by atoms with Crippen molar-refractivity contribution in [1.29, 1.82) is 0 Å². The van der Waals surface area contributed by atoms with E-state index < -0.39 is 0 Å². The third kappa shape index (κ3) is 3.37. The number of hydrogen-bond donors (Lipinski definition) is 1. The Hall–Kier alpha value is -0.340. The summed E-state index contributed by atoms with van der Waals surface area (Å²) in [5, 5.41) is 8.50.